The molecule has 0 radical (unpaired) electrons. The minimum Gasteiger partial charge on any atom is -0.491 e. The van der Waals surface area contributed by atoms with Crippen LogP contribution in [0.3, 0.4) is 0 Å². The van der Waals surface area contributed by atoms with Crippen LogP contribution in [0.4, 0.5) is 4.79 Å². The molecule has 280 valence electrons. The highest BCUT2D eigenvalue weighted by Crippen LogP contribution is 2.57. The van der Waals surface area contributed by atoms with Crippen molar-refractivity contribution >= 4 is 40.4 Å². The molecule has 2 aliphatic heterocycles. The monoisotopic (exact) mass is 729 g/mol. The topological polar surface area (TPSA) is 155 Å². The first-order valence-corrected chi connectivity index (χ1v) is 18.5. The average Bonchev–Trinajstić information content (AvgIpc) is 3.41. The van der Waals surface area contributed by atoms with Crippen LogP contribution in [0, 0.1) is 23.2 Å². The van der Waals surface area contributed by atoms with Crippen LogP contribution in [-0.4, -0.2) is 117 Å². The van der Waals surface area contributed by atoms with E-state index in [1.807, 2.05) is 32.9 Å². The second-order valence-electron chi connectivity index (χ2n) is 15.4. The minimum atomic E-state index is -0.955. The summed E-state index contributed by atoms with van der Waals surface area (Å²) in [6.45, 7) is 12.7. The van der Waals surface area contributed by atoms with Crippen molar-refractivity contribution in [1.29, 1.82) is 0 Å². The lowest BCUT2D eigenvalue weighted by Gasteiger charge is -2.35. The number of pyridine rings is 1. The lowest BCUT2D eigenvalue weighted by atomic mass is 9.85. The smallest absolute Gasteiger partial charge is 0.408 e. The summed E-state index contributed by atoms with van der Waals surface area (Å²) in [5.41, 5.74) is 6.40. The predicted octanol–water partition coefficient (Wildman–Crippen LogP) is 3.81. The molecule has 51 heavy (non-hydrogen) atoms. The van der Waals surface area contributed by atoms with Crippen LogP contribution < -0.4 is 20.5 Å². The number of nitrogens with one attached hydrogen (secondary N) is 1. The van der Waals surface area contributed by atoms with Crippen molar-refractivity contribution in [3.63, 3.8) is 0 Å². The molecule has 4 fully saturated rings. The number of carbonyl (C=O) groups is 3. The Morgan fingerprint density at radius 2 is 1.80 bits per heavy atom. The Hall–Kier alpha value is -3.39. The molecule has 1 aromatic heterocycles. The molecule has 3 heterocycles. The highest BCUT2D eigenvalue weighted by molar-refractivity contribution is 6.36. The van der Waals surface area contributed by atoms with Gasteiger partial charge in [-0.3, -0.25) is 19.5 Å². The van der Waals surface area contributed by atoms with Gasteiger partial charge in [-0.1, -0.05) is 39.3 Å². The largest absolute Gasteiger partial charge is 0.491 e. The van der Waals surface area contributed by atoms with Crippen molar-refractivity contribution in [3.8, 4) is 11.5 Å². The van der Waals surface area contributed by atoms with Crippen LogP contribution in [0.25, 0.3) is 10.9 Å². The van der Waals surface area contributed by atoms with E-state index in [-0.39, 0.29) is 19.1 Å². The molecule has 2 aromatic rings. The number of rotatable bonds is 13. The van der Waals surface area contributed by atoms with E-state index >= 15 is 0 Å². The Labute approximate surface area is 304 Å². The van der Waals surface area contributed by atoms with E-state index in [4.69, 9.17) is 46.0 Å². The van der Waals surface area contributed by atoms with Gasteiger partial charge in [-0.05, 0) is 48.1 Å². The number of primary amides is 1. The highest BCUT2D eigenvalue weighted by Gasteiger charge is 2.54. The van der Waals surface area contributed by atoms with Crippen LogP contribution in [0.1, 0.15) is 52.7 Å². The number of likely N-dealkylation sites (tertiary alicyclic amines) is 1. The molecule has 7 atom stereocenters. The van der Waals surface area contributed by atoms with Gasteiger partial charge in [0.05, 0.1) is 31.9 Å². The zero-order valence-corrected chi connectivity index (χ0v) is 31.1. The average molecular weight is 730 g/mol. The fourth-order valence-electron chi connectivity index (χ4n) is 7.82. The summed E-state index contributed by atoms with van der Waals surface area (Å²) in [4.78, 5) is 48.5. The summed E-state index contributed by atoms with van der Waals surface area (Å²) in [6.07, 6.45) is 1.05. The van der Waals surface area contributed by atoms with Gasteiger partial charge in [0.1, 0.15) is 47.4 Å². The Morgan fingerprint density at radius 3 is 2.47 bits per heavy atom. The number of nitrogens with two attached hydrogens (primary N) is 1. The third kappa shape index (κ3) is 8.64. The van der Waals surface area contributed by atoms with E-state index < -0.39 is 41.5 Å². The van der Waals surface area contributed by atoms with E-state index in [0.717, 1.165) is 32.5 Å². The van der Waals surface area contributed by atoms with Crippen LogP contribution in [0.5, 0.6) is 11.5 Å². The lowest BCUT2D eigenvalue weighted by molar-refractivity contribution is -0.141. The van der Waals surface area contributed by atoms with E-state index in [0.29, 0.717) is 83.7 Å². The Morgan fingerprint density at radius 1 is 1.08 bits per heavy atom. The number of benzene rings is 1. The standard InChI is InChI=1S/C37H52ClN5O8/c1-21-26-17-23(18-27(21)26)51-36(46)41-33(37(2,3)4)35(45)43-20-24(19-28(43)34(39)44)50-30-16-22(8-12-47-5)40-32-25(30)6-7-29(31(32)38)49-15-11-42-9-13-48-14-10-42/h6-7,16,21,23-24,26-28,33H,8-15,17-20H2,1-5H3,(H2,39,44)(H,41,46)/t21?,23?,24?,26-,27+,28-,33+/m0/s1. The molecule has 2 saturated carbocycles. The number of ether oxygens (including phenoxy) is 5. The summed E-state index contributed by atoms with van der Waals surface area (Å²) in [5, 5.41) is 3.85. The van der Waals surface area contributed by atoms with Crippen molar-refractivity contribution in [1.82, 2.24) is 20.1 Å². The van der Waals surface area contributed by atoms with E-state index in [2.05, 4.69) is 17.1 Å². The molecule has 1 aromatic carbocycles. The Balaban J connectivity index is 1.17. The second-order valence-corrected chi connectivity index (χ2v) is 15.8. The Kier molecular flexibility index (Phi) is 11.5. The van der Waals surface area contributed by atoms with E-state index in [9.17, 15) is 14.4 Å². The number of nitrogens with zero attached hydrogens (tertiary/aromatic N) is 3. The molecular formula is C37H52ClN5O8. The second kappa shape index (κ2) is 15.7. The van der Waals surface area contributed by atoms with Gasteiger partial charge < -0.3 is 39.6 Å². The van der Waals surface area contributed by atoms with Gasteiger partial charge in [-0.2, -0.15) is 0 Å². The predicted molar refractivity (Wildman–Crippen MR) is 191 cm³/mol. The Bertz CT molecular complexity index is 1580. The van der Waals surface area contributed by atoms with Gasteiger partial charge in [0.15, 0.2) is 0 Å². The first kappa shape index (κ1) is 37.4. The zero-order valence-electron chi connectivity index (χ0n) is 30.3. The van der Waals surface area contributed by atoms with Gasteiger partial charge in [-0.15, -0.1) is 0 Å². The maximum atomic E-state index is 14.2. The molecule has 0 bridgehead atoms. The van der Waals surface area contributed by atoms with Crippen molar-refractivity contribution in [3.05, 3.63) is 28.9 Å². The van der Waals surface area contributed by atoms with Crippen LogP contribution in [0.2, 0.25) is 5.02 Å². The fourth-order valence-corrected chi connectivity index (χ4v) is 8.08. The maximum Gasteiger partial charge on any atom is 0.408 e. The zero-order chi connectivity index (χ0) is 36.4. The molecule has 6 rings (SSSR count). The molecule has 0 spiro atoms. The first-order valence-electron chi connectivity index (χ1n) is 18.1. The number of hydrogen-bond donors (Lipinski definition) is 2. The van der Waals surface area contributed by atoms with Crippen LogP contribution in [-0.2, 0) is 30.2 Å². The lowest BCUT2D eigenvalue weighted by Crippen LogP contribution is -2.57. The third-order valence-corrected chi connectivity index (χ3v) is 11.2. The quantitative estimate of drug-likeness (QED) is 0.311. The third-order valence-electron chi connectivity index (χ3n) is 10.9. The summed E-state index contributed by atoms with van der Waals surface area (Å²) in [6, 6.07) is 3.62. The van der Waals surface area contributed by atoms with Crippen LogP contribution >= 0.6 is 11.6 Å². The van der Waals surface area contributed by atoms with Crippen molar-refractivity contribution in [2.75, 3.05) is 59.7 Å². The van der Waals surface area contributed by atoms with Gasteiger partial charge in [0.25, 0.3) is 0 Å². The molecule has 2 aliphatic carbocycles. The normalized spacial score (nSPS) is 26.8. The highest BCUT2D eigenvalue weighted by atomic mass is 35.5. The first-order chi connectivity index (χ1) is 24.3. The number of halogens is 1. The van der Waals surface area contributed by atoms with Gasteiger partial charge in [-0.25, -0.2) is 4.79 Å². The molecule has 13 nitrogen and oxygen atoms in total. The molecule has 3 unspecified atom stereocenters. The summed E-state index contributed by atoms with van der Waals surface area (Å²) in [7, 11) is 1.62. The number of fused-ring (bicyclic) bond motifs is 2. The number of methoxy groups -OCH3 is 1. The van der Waals surface area contributed by atoms with E-state index in [1.54, 1.807) is 13.2 Å². The fraction of sp³-hybridized carbons (Fsp3) is 0.676. The van der Waals surface area contributed by atoms with Crippen molar-refractivity contribution < 1.29 is 38.1 Å². The number of morpholine rings is 1. The number of hydrogen-bond acceptors (Lipinski definition) is 10. The molecular weight excluding hydrogens is 678 g/mol. The van der Waals surface area contributed by atoms with Crippen LogP contribution in [0.15, 0.2) is 18.2 Å². The van der Waals surface area contributed by atoms with Crippen molar-refractivity contribution in [2.24, 2.45) is 28.9 Å². The molecule has 4 aliphatic rings. The molecule has 3 N–H and O–H groups in total. The van der Waals surface area contributed by atoms with Crippen molar-refractivity contribution in [2.45, 2.75) is 77.7 Å². The summed E-state index contributed by atoms with van der Waals surface area (Å²) < 4.78 is 29.2. The summed E-state index contributed by atoms with van der Waals surface area (Å²) >= 11 is 6.91. The molecule has 2 saturated heterocycles. The van der Waals surface area contributed by atoms with Gasteiger partial charge in [0.2, 0.25) is 11.8 Å². The number of alkyl carbamates (subject to hydrolysis) is 1. The number of aromatic nitrogens is 1. The number of amides is 3. The number of carbonyl (C=O) groups excluding carboxylic acids is 3. The molecule has 3 amide bonds. The SMILES string of the molecule is COCCc1cc(OC2C[C@@H](C(N)=O)N(C(=O)[C@@H](NC(=O)OC3C[C@@H]4C(C)[C@@H]4C3)C(C)(C)C)C2)c2ccc(OCCN3CCOCC3)c(Cl)c2n1. The van der Waals surface area contributed by atoms with Gasteiger partial charge >= 0.3 is 6.09 Å². The summed E-state index contributed by atoms with van der Waals surface area (Å²) in [5.74, 6) is 1.88. The minimum absolute atomic E-state index is 0.0906. The molecule has 14 heteroatoms. The van der Waals surface area contributed by atoms with E-state index in [1.165, 1.54) is 4.90 Å². The maximum absolute atomic E-state index is 14.2. The van der Waals surface area contributed by atoms with Gasteiger partial charge in [0, 0.05) is 56.7 Å².